The molecular formula is C6H15N2S+. The van der Waals surface area contributed by atoms with Gasteiger partial charge in [-0.3, -0.25) is 4.31 Å². The molecule has 0 aliphatic carbocycles. The van der Waals surface area contributed by atoms with Gasteiger partial charge in [-0.2, -0.15) is 0 Å². The molecule has 0 spiro atoms. The molecule has 0 aromatic carbocycles. The molecule has 0 aromatic heterocycles. The maximum atomic E-state index is 3.90. The monoisotopic (exact) mass is 147 g/mol. The van der Waals surface area contributed by atoms with Crippen molar-refractivity contribution in [2.75, 3.05) is 25.9 Å². The molecule has 1 aliphatic rings. The van der Waals surface area contributed by atoms with Gasteiger partial charge < -0.3 is 5.73 Å². The summed E-state index contributed by atoms with van der Waals surface area (Å²) < 4.78 is 2.41. The van der Waals surface area contributed by atoms with E-state index in [1.54, 1.807) is 0 Å². The zero-order valence-electron chi connectivity index (χ0n) is 5.97. The fourth-order valence-corrected chi connectivity index (χ4v) is 1.85. The summed E-state index contributed by atoms with van der Waals surface area (Å²) in [5.74, 6) is 0.873. The minimum atomic E-state index is 0.873. The molecule has 0 amide bonds. The zero-order valence-corrected chi connectivity index (χ0v) is 6.78. The number of nitrogens with zero attached hydrogens (tertiary/aromatic N) is 1. The first-order chi connectivity index (χ1) is 4.36. The Bertz CT molecular complexity index is 77.1. The van der Waals surface area contributed by atoms with E-state index in [1.807, 2.05) is 11.9 Å². The summed E-state index contributed by atoms with van der Waals surface area (Å²) in [6.45, 7) is 3.63. The van der Waals surface area contributed by atoms with Crippen molar-refractivity contribution in [3.63, 3.8) is 0 Å². The quantitative estimate of drug-likeness (QED) is 0.550. The lowest BCUT2D eigenvalue weighted by Gasteiger charge is -2.08. The van der Waals surface area contributed by atoms with Gasteiger partial charge in [0.25, 0.3) is 0 Å². The third-order valence-corrected chi connectivity index (χ3v) is 2.76. The molecule has 3 N–H and O–H groups in total. The highest BCUT2D eigenvalue weighted by atomic mass is 32.2. The lowest BCUT2D eigenvalue weighted by molar-refractivity contribution is -0.377. The first-order valence-corrected chi connectivity index (χ1v) is 4.63. The minimum Gasteiger partial charge on any atom is -0.357 e. The van der Waals surface area contributed by atoms with Crippen molar-refractivity contribution < 1.29 is 5.73 Å². The van der Waals surface area contributed by atoms with Gasteiger partial charge in [0.15, 0.2) is 0 Å². The Morgan fingerprint density at radius 3 is 2.89 bits per heavy atom. The standard InChI is InChI=1S/C6H14N2S/c1-9-8-3-2-6(4-7)5-8/h6H,2-5,7H2,1H3/p+1. The van der Waals surface area contributed by atoms with Crippen LogP contribution in [0, 0.1) is 5.92 Å². The molecule has 1 fully saturated rings. The predicted molar refractivity (Wildman–Crippen MR) is 41.0 cm³/mol. The second-order valence-corrected chi connectivity index (χ2v) is 3.40. The van der Waals surface area contributed by atoms with E-state index in [0.717, 1.165) is 12.5 Å². The minimum absolute atomic E-state index is 0.873. The lowest BCUT2D eigenvalue weighted by Crippen LogP contribution is -2.54. The van der Waals surface area contributed by atoms with Crippen LogP contribution in [0.15, 0.2) is 0 Å². The molecule has 0 radical (unpaired) electrons. The van der Waals surface area contributed by atoms with E-state index in [2.05, 4.69) is 16.3 Å². The van der Waals surface area contributed by atoms with Crippen molar-refractivity contribution >= 4 is 11.9 Å². The molecule has 1 rings (SSSR count). The van der Waals surface area contributed by atoms with E-state index in [1.165, 1.54) is 19.5 Å². The van der Waals surface area contributed by atoms with Crippen molar-refractivity contribution in [1.82, 2.24) is 4.31 Å². The van der Waals surface area contributed by atoms with Crippen LogP contribution in [0.1, 0.15) is 6.42 Å². The maximum absolute atomic E-state index is 3.90. The van der Waals surface area contributed by atoms with Crippen molar-refractivity contribution in [3.8, 4) is 0 Å². The van der Waals surface area contributed by atoms with Gasteiger partial charge in [-0.1, -0.05) is 11.9 Å². The highest BCUT2D eigenvalue weighted by Crippen LogP contribution is 2.19. The largest absolute Gasteiger partial charge is 0.357 e. The van der Waals surface area contributed by atoms with Crippen LogP contribution in [0.2, 0.25) is 0 Å². The molecule has 3 heteroatoms. The smallest absolute Gasteiger partial charge is 0.0781 e. The number of rotatable bonds is 2. The van der Waals surface area contributed by atoms with Crippen LogP contribution in [0.4, 0.5) is 0 Å². The SMILES string of the molecule is CSN1CCC(C[NH3+])C1. The Morgan fingerprint density at radius 1 is 1.78 bits per heavy atom. The molecular weight excluding hydrogens is 132 g/mol. The molecule has 2 nitrogen and oxygen atoms in total. The first kappa shape index (κ1) is 7.38. The Balaban J connectivity index is 2.20. The van der Waals surface area contributed by atoms with Crippen molar-refractivity contribution in [2.45, 2.75) is 6.42 Å². The summed E-state index contributed by atoms with van der Waals surface area (Å²) in [6.07, 6.45) is 3.50. The zero-order chi connectivity index (χ0) is 6.69. The molecule has 1 heterocycles. The molecule has 0 saturated carbocycles. The van der Waals surface area contributed by atoms with E-state index < -0.39 is 0 Å². The van der Waals surface area contributed by atoms with E-state index in [4.69, 9.17) is 0 Å². The third-order valence-electron chi connectivity index (χ3n) is 1.92. The van der Waals surface area contributed by atoms with Crippen molar-refractivity contribution in [1.29, 1.82) is 0 Å². The van der Waals surface area contributed by atoms with Crippen LogP contribution in [-0.2, 0) is 0 Å². The summed E-state index contributed by atoms with van der Waals surface area (Å²) in [7, 11) is 0. The first-order valence-electron chi connectivity index (χ1n) is 3.45. The van der Waals surface area contributed by atoms with Gasteiger partial charge in [0.1, 0.15) is 0 Å². The number of hydrogen-bond acceptors (Lipinski definition) is 2. The highest BCUT2D eigenvalue weighted by molar-refractivity contribution is 7.96. The Morgan fingerprint density at radius 2 is 2.56 bits per heavy atom. The molecule has 0 aromatic rings. The molecule has 1 atom stereocenters. The highest BCUT2D eigenvalue weighted by Gasteiger charge is 2.21. The lowest BCUT2D eigenvalue weighted by atomic mass is 10.1. The molecule has 1 unspecified atom stereocenters. The van der Waals surface area contributed by atoms with Crippen LogP contribution in [0.5, 0.6) is 0 Å². The topological polar surface area (TPSA) is 30.9 Å². The summed E-state index contributed by atoms with van der Waals surface area (Å²) in [5.41, 5.74) is 3.90. The Hall–Kier alpha value is 0.270. The fraction of sp³-hybridized carbons (Fsp3) is 1.00. The van der Waals surface area contributed by atoms with E-state index in [-0.39, 0.29) is 0 Å². The number of quaternary nitrogens is 1. The summed E-state index contributed by atoms with van der Waals surface area (Å²) in [5, 5.41) is 0. The van der Waals surface area contributed by atoms with Gasteiger partial charge in [-0.25, -0.2) is 0 Å². The molecule has 1 aliphatic heterocycles. The van der Waals surface area contributed by atoms with E-state index in [0.29, 0.717) is 0 Å². The predicted octanol–water partition coefficient (Wildman–Crippen LogP) is -0.172. The Kier molecular flexibility index (Phi) is 2.82. The summed E-state index contributed by atoms with van der Waals surface area (Å²) in [6, 6.07) is 0. The van der Waals surface area contributed by atoms with Crippen LogP contribution < -0.4 is 5.73 Å². The van der Waals surface area contributed by atoms with Crippen LogP contribution in [-0.4, -0.2) is 30.2 Å². The van der Waals surface area contributed by atoms with Gasteiger partial charge in [0, 0.05) is 19.0 Å². The van der Waals surface area contributed by atoms with Gasteiger partial charge in [0.2, 0.25) is 0 Å². The molecule has 54 valence electrons. The van der Waals surface area contributed by atoms with Gasteiger partial charge in [0.05, 0.1) is 6.54 Å². The van der Waals surface area contributed by atoms with Crippen LogP contribution in [0.3, 0.4) is 0 Å². The van der Waals surface area contributed by atoms with E-state index in [9.17, 15) is 0 Å². The molecule has 1 saturated heterocycles. The Labute approximate surface area is 60.9 Å². The van der Waals surface area contributed by atoms with E-state index >= 15 is 0 Å². The fourth-order valence-electron chi connectivity index (χ4n) is 1.20. The van der Waals surface area contributed by atoms with Gasteiger partial charge in [-0.05, 0) is 12.7 Å². The van der Waals surface area contributed by atoms with Gasteiger partial charge >= 0.3 is 0 Å². The van der Waals surface area contributed by atoms with Crippen molar-refractivity contribution in [3.05, 3.63) is 0 Å². The second-order valence-electron chi connectivity index (χ2n) is 2.51. The second kappa shape index (κ2) is 3.44. The average Bonchev–Trinajstić information content (AvgIpc) is 2.34. The summed E-state index contributed by atoms with van der Waals surface area (Å²) >= 11 is 1.86. The number of hydrogen-bond donors (Lipinski definition) is 1. The average molecular weight is 147 g/mol. The summed E-state index contributed by atoms with van der Waals surface area (Å²) in [4.78, 5) is 0. The van der Waals surface area contributed by atoms with Crippen molar-refractivity contribution in [2.24, 2.45) is 5.92 Å². The maximum Gasteiger partial charge on any atom is 0.0781 e. The van der Waals surface area contributed by atoms with Crippen LogP contribution in [0.25, 0.3) is 0 Å². The molecule has 0 bridgehead atoms. The molecule has 9 heavy (non-hydrogen) atoms. The third kappa shape index (κ3) is 1.85. The normalized spacial score (nSPS) is 29.3. The van der Waals surface area contributed by atoms with Gasteiger partial charge in [-0.15, -0.1) is 0 Å². The van der Waals surface area contributed by atoms with Crippen LogP contribution >= 0.6 is 11.9 Å².